The van der Waals surface area contributed by atoms with E-state index in [0.29, 0.717) is 27.8 Å². The zero-order chi connectivity index (χ0) is 21.8. The Hall–Kier alpha value is -3.19. The molecule has 0 fully saturated rings. The van der Waals surface area contributed by atoms with E-state index in [9.17, 15) is 9.59 Å². The second kappa shape index (κ2) is 9.09. The molecule has 0 unspecified atom stereocenters. The predicted octanol–water partition coefficient (Wildman–Crippen LogP) is 4.46. The fourth-order valence-corrected chi connectivity index (χ4v) is 3.56. The van der Waals surface area contributed by atoms with Crippen molar-refractivity contribution in [1.29, 1.82) is 0 Å². The second-order valence-corrected chi connectivity index (χ2v) is 7.67. The van der Waals surface area contributed by atoms with E-state index in [0.717, 1.165) is 11.1 Å². The van der Waals surface area contributed by atoms with Gasteiger partial charge in [-0.3, -0.25) is 4.79 Å². The lowest BCUT2D eigenvalue weighted by molar-refractivity contribution is -0.119. The molecule has 2 aromatic heterocycles. The number of hydrogen-bond acceptors (Lipinski definition) is 5. The molecular formula is C22H23ClN4O3. The molecule has 156 valence electrons. The van der Waals surface area contributed by atoms with Crippen LogP contribution in [0, 0.1) is 13.8 Å². The maximum absolute atomic E-state index is 12.6. The summed E-state index contributed by atoms with van der Waals surface area (Å²) in [5.41, 5.74) is 3.30. The van der Waals surface area contributed by atoms with Gasteiger partial charge in [0.2, 0.25) is 0 Å². The molecule has 0 atom stereocenters. The summed E-state index contributed by atoms with van der Waals surface area (Å²) in [6.45, 7) is 7.23. The third-order valence-electron chi connectivity index (χ3n) is 4.47. The van der Waals surface area contributed by atoms with Gasteiger partial charge in [0.25, 0.3) is 5.91 Å². The molecule has 0 aliphatic carbocycles. The standard InChI is InChI=1S/C22H23ClN4O3/c1-13(2)21-16(11-25-27(21)18-7-5-6-8-24-18)22(29)30-12-19(28)26-20-15(4)9-14(3)10-17(20)23/h5-11,13H,12H2,1-4H3,(H,26,28). The maximum atomic E-state index is 12.6. The number of aromatic nitrogens is 3. The van der Waals surface area contributed by atoms with E-state index in [4.69, 9.17) is 16.3 Å². The first-order valence-electron chi connectivity index (χ1n) is 9.51. The van der Waals surface area contributed by atoms with Crippen molar-refractivity contribution >= 4 is 29.2 Å². The van der Waals surface area contributed by atoms with E-state index in [-0.39, 0.29) is 5.92 Å². The lowest BCUT2D eigenvalue weighted by Gasteiger charge is -2.13. The number of benzene rings is 1. The van der Waals surface area contributed by atoms with Gasteiger partial charge in [0, 0.05) is 6.20 Å². The number of carbonyl (C=O) groups is 2. The van der Waals surface area contributed by atoms with Crippen LogP contribution in [0.1, 0.15) is 46.9 Å². The molecule has 2 heterocycles. The first-order valence-corrected chi connectivity index (χ1v) is 9.88. The first-order chi connectivity index (χ1) is 14.3. The summed E-state index contributed by atoms with van der Waals surface area (Å²) in [4.78, 5) is 29.2. The van der Waals surface area contributed by atoms with Gasteiger partial charge in [-0.05, 0) is 49.1 Å². The summed E-state index contributed by atoms with van der Waals surface area (Å²) in [6.07, 6.45) is 3.09. The summed E-state index contributed by atoms with van der Waals surface area (Å²) < 4.78 is 6.85. The van der Waals surface area contributed by atoms with Gasteiger partial charge >= 0.3 is 5.97 Å². The first kappa shape index (κ1) is 21.5. The molecule has 1 aromatic carbocycles. The highest BCUT2D eigenvalue weighted by atomic mass is 35.5. The van der Waals surface area contributed by atoms with Crippen LogP contribution in [-0.4, -0.2) is 33.2 Å². The number of carbonyl (C=O) groups excluding carboxylic acids is 2. The monoisotopic (exact) mass is 426 g/mol. The number of ether oxygens (including phenoxy) is 1. The Bertz CT molecular complexity index is 1050. The van der Waals surface area contributed by atoms with Gasteiger partial charge in [-0.15, -0.1) is 0 Å². The van der Waals surface area contributed by atoms with E-state index < -0.39 is 18.5 Å². The summed E-state index contributed by atoms with van der Waals surface area (Å²) in [6, 6.07) is 9.12. The smallest absolute Gasteiger partial charge is 0.342 e. The SMILES string of the molecule is Cc1cc(C)c(NC(=O)COC(=O)c2cnn(-c3ccccn3)c2C(C)C)c(Cl)c1. The van der Waals surface area contributed by atoms with Crippen LogP contribution >= 0.6 is 11.6 Å². The number of amides is 1. The number of nitrogens with zero attached hydrogens (tertiary/aromatic N) is 3. The predicted molar refractivity (Wildman–Crippen MR) is 115 cm³/mol. The Balaban J connectivity index is 1.72. The van der Waals surface area contributed by atoms with Crippen LogP contribution in [0.3, 0.4) is 0 Å². The van der Waals surface area contributed by atoms with Gasteiger partial charge in [-0.25, -0.2) is 14.5 Å². The van der Waals surface area contributed by atoms with Crippen molar-refractivity contribution in [3.05, 3.63) is 70.1 Å². The number of nitrogens with one attached hydrogen (secondary N) is 1. The molecule has 0 bridgehead atoms. The van der Waals surface area contributed by atoms with Crippen molar-refractivity contribution in [2.24, 2.45) is 0 Å². The number of aryl methyl sites for hydroxylation is 2. The minimum absolute atomic E-state index is 0.0140. The molecule has 0 aliphatic heterocycles. The molecule has 30 heavy (non-hydrogen) atoms. The maximum Gasteiger partial charge on any atom is 0.342 e. The Morgan fingerprint density at radius 3 is 2.63 bits per heavy atom. The third kappa shape index (κ3) is 4.68. The van der Waals surface area contributed by atoms with Gasteiger partial charge in [0.05, 0.1) is 22.6 Å². The Labute approximate surface area is 180 Å². The minimum Gasteiger partial charge on any atom is -0.452 e. The van der Waals surface area contributed by atoms with Crippen LogP contribution in [0.5, 0.6) is 0 Å². The number of hydrogen-bond donors (Lipinski definition) is 1. The summed E-state index contributed by atoms with van der Waals surface area (Å²) in [5.74, 6) is -0.509. The fraction of sp³-hybridized carbons (Fsp3) is 0.273. The number of anilines is 1. The Morgan fingerprint density at radius 2 is 2.00 bits per heavy atom. The number of rotatable bonds is 6. The van der Waals surface area contributed by atoms with Gasteiger partial charge in [-0.2, -0.15) is 5.10 Å². The van der Waals surface area contributed by atoms with Crippen molar-refractivity contribution in [2.75, 3.05) is 11.9 Å². The largest absolute Gasteiger partial charge is 0.452 e. The fourth-order valence-electron chi connectivity index (χ4n) is 3.19. The van der Waals surface area contributed by atoms with Crippen LogP contribution in [0.25, 0.3) is 5.82 Å². The zero-order valence-electron chi connectivity index (χ0n) is 17.3. The average molecular weight is 427 g/mol. The molecule has 0 saturated heterocycles. The molecule has 0 aliphatic rings. The molecule has 0 spiro atoms. The molecule has 1 amide bonds. The van der Waals surface area contributed by atoms with E-state index in [1.165, 1.54) is 6.20 Å². The quantitative estimate of drug-likeness (QED) is 0.588. The van der Waals surface area contributed by atoms with E-state index in [1.807, 2.05) is 39.8 Å². The van der Waals surface area contributed by atoms with E-state index >= 15 is 0 Å². The van der Waals surface area contributed by atoms with Crippen LogP contribution < -0.4 is 5.32 Å². The molecule has 8 heteroatoms. The van der Waals surface area contributed by atoms with Crippen LogP contribution in [0.15, 0.2) is 42.7 Å². The number of halogens is 1. The zero-order valence-corrected chi connectivity index (χ0v) is 18.0. The van der Waals surface area contributed by atoms with Crippen LogP contribution in [0.4, 0.5) is 5.69 Å². The Morgan fingerprint density at radius 1 is 1.23 bits per heavy atom. The molecular weight excluding hydrogens is 404 g/mol. The molecule has 0 radical (unpaired) electrons. The van der Waals surface area contributed by atoms with Crippen LogP contribution in [0.2, 0.25) is 5.02 Å². The molecule has 1 N–H and O–H groups in total. The summed E-state index contributed by atoms with van der Waals surface area (Å²) in [5, 5.41) is 7.43. The average Bonchev–Trinajstić information content (AvgIpc) is 3.15. The third-order valence-corrected chi connectivity index (χ3v) is 4.77. The van der Waals surface area contributed by atoms with Gasteiger partial charge in [0.15, 0.2) is 12.4 Å². The molecule has 0 saturated carbocycles. The van der Waals surface area contributed by atoms with Crippen molar-refractivity contribution in [3.8, 4) is 5.82 Å². The highest BCUT2D eigenvalue weighted by Crippen LogP contribution is 2.27. The molecule has 3 rings (SSSR count). The van der Waals surface area contributed by atoms with Crippen molar-refractivity contribution < 1.29 is 14.3 Å². The second-order valence-electron chi connectivity index (χ2n) is 7.26. The highest BCUT2D eigenvalue weighted by Gasteiger charge is 2.23. The van der Waals surface area contributed by atoms with Crippen molar-refractivity contribution in [2.45, 2.75) is 33.6 Å². The number of esters is 1. The molecule has 7 nitrogen and oxygen atoms in total. The van der Waals surface area contributed by atoms with Crippen molar-refractivity contribution in [3.63, 3.8) is 0 Å². The minimum atomic E-state index is -0.622. The lowest BCUT2D eigenvalue weighted by atomic mass is 10.1. The number of pyridine rings is 1. The van der Waals surface area contributed by atoms with E-state index in [1.54, 1.807) is 29.1 Å². The van der Waals surface area contributed by atoms with Crippen LogP contribution in [-0.2, 0) is 9.53 Å². The highest BCUT2D eigenvalue weighted by molar-refractivity contribution is 6.34. The van der Waals surface area contributed by atoms with Gasteiger partial charge in [0.1, 0.15) is 5.56 Å². The van der Waals surface area contributed by atoms with Gasteiger partial charge < -0.3 is 10.1 Å². The normalized spacial score (nSPS) is 10.9. The topological polar surface area (TPSA) is 86.1 Å². The summed E-state index contributed by atoms with van der Waals surface area (Å²) >= 11 is 6.21. The lowest BCUT2D eigenvalue weighted by Crippen LogP contribution is -2.22. The van der Waals surface area contributed by atoms with Gasteiger partial charge in [-0.1, -0.05) is 37.6 Å². The van der Waals surface area contributed by atoms with Crippen molar-refractivity contribution in [1.82, 2.24) is 14.8 Å². The van der Waals surface area contributed by atoms with E-state index in [2.05, 4.69) is 15.4 Å². The Kier molecular flexibility index (Phi) is 6.52. The summed E-state index contributed by atoms with van der Waals surface area (Å²) in [7, 11) is 0. The molecule has 3 aromatic rings.